The third-order valence-electron chi connectivity index (χ3n) is 2.92. The Morgan fingerprint density at radius 3 is 1.74 bits per heavy atom. The van der Waals surface area contributed by atoms with Crippen LogP contribution in [0.25, 0.3) is 0 Å². The number of hydrogen-bond acceptors (Lipinski definition) is 3. The summed E-state index contributed by atoms with van der Waals surface area (Å²) in [6.07, 6.45) is 2.98. The molecule has 0 saturated heterocycles. The van der Waals surface area contributed by atoms with Gasteiger partial charge in [0.15, 0.2) is 0 Å². The molecule has 0 spiro atoms. The van der Waals surface area contributed by atoms with Crippen molar-refractivity contribution in [2.45, 2.75) is 46.1 Å². The van der Waals surface area contributed by atoms with Crippen LogP contribution in [-0.2, 0) is 0 Å². The number of rotatable bonds is 4. The first-order chi connectivity index (χ1) is 10.8. The maximum Gasteiger partial charge on any atom is 0.387 e. The Bertz CT molecular complexity index is 572. The zero-order chi connectivity index (χ0) is 17.4. The number of aromatic nitrogens is 2. The van der Waals surface area contributed by atoms with Gasteiger partial charge >= 0.3 is 6.61 Å². The van der Waals surface area contributed by atoms with Crippen molar-refractivity contribution in [3.8, 4) is 5.75 Å². The lowest BCUT2D eigenvalue weighted by molar-refractivity contribution is -0.0500. The van der Waals surface area contributed by atoms with E-state index in [9.17, 15) is 8.78 Å². The molecule has 126 valence electrons. The van der Waals surface area contributed by atoms with Gasteiger partial charge in [0.25, 0.3) is 0 Å². The molecule has 0 bridgehead atoms. The molecule has 23 heavy (non-hydrogen) atoms. The molecule has 0 amide bonds. The summed E-state index contributed by atoms with van der Waals surface area (Å²) >= 11 is 5.65. The average Bonchev–Trinajstić information content (AvgIpc) is 2.48. The molecule has 0 saturated carbocycles. The molecule has 0 aliphatic rings. The summed E-state index contributed by atoms with van der Waals surface area (Å²) in [7, 11) is 0. The fourth-order valence-corrected chi connectivity index (χ4v) is 1.75. The van der Waals surface area contributed by atoms with Crippen molar-refractivity contribution in [3.63, 3.8) is 0 Å². The molecule has 2 heterocycles. The first kappa shape index (κ1) is 19.3. The van der Waals surface area contributed by atoms with E-state index in [2.05, 4.69) is 28.6 Å². The first-order valence-corrected chi connectivity index (χ1v) is 7.69. The van der Waals surface area contributed by atoms with E-state index in [0.717, 1.165) is 11.4 Å². The quantitative estimate of drug-likeness (QED) is 0.718. The number of hydrogen-bond donors (Lipinski definition) is 0. The van der Waals surface area contributed by atoms with Gasteiger partial charge in [0.2, 0.25) is 0 Å². The topological polar surface area (TPSA) is 35.0 Å². The number of nitrogens with zero attached hydrogens (tertiary/aromatic N) is 2. The fourth-order valence-electron chi connectivity index (χ4n) is 1.63. The van der Waals surface area contributed by atoms with Crippen molar-refractivity contribution in [1.29, 1.82) is 0 Å². The van der Waals surface area contributed by atoms with Gasteiger partial charge in [0.05, 0.1) is 11.2 Å². The predicted octanol–water partition coefficient (Wildman–Crippen LogP) is 5.66. The summed E-state index contributed by atoms with van der Waals surface area (Å²) in [5, 5.41) is 0.699. The molecule has 0 N–H and O–H groups in total. The molecule has 0 atom stereocenters. The number of pyridine rings is 2. The molecule has 0 aliphatic carbocycles. The largest absolute Gasteiger partial charge is 0.433 e. The number of halogens is 3. The maximum absolute atomic E-state index is 11.7. The Morgan fingerprint density at radius 1 is 0.870 bits per heavy atom. The number of alkyl halides is 2. The molecular weight excluding hydrogens is 322 g/mol. The zero-order valence-electron chi connectivity index (χ0n) is 13.6. The standard InChI is InChI=1S/C9H11F2NO.C8H10ClN/c1-6(2)8-4-3-7(5-12-8)13-9(10)11;1-6(2)8-4-3-7(9)5-10-8/h3-6,9H,1-2H3;3-6H,1-2H3. The van der Waals surface area contributed by atoms with Crippen molar-refractivity contribution in [3.05, 3.63) is 53.1 Å². The Balaban J connectivity index is 0.000000238. The summed E-state index contributed by atoms with van der Waals surface area (Å²) in [6.45, 7) is 5.39. The molecule has 0 fully saturated rings. The molecular formula is C17H21ClF2N2O. The van der Waals surface area contributed by atoms with E-state index in [1.165, 1.54) is 12.3 Å². The summed E-state index contributed by atoms with van der Waals surface area (Å²) in [5.74, 6) is 0.872. The first-order valence-electron chi connectivity index (χ1n) is 7.31. The van der Waals surface area contributed by atoms with E-state index in [1.807, 2.05) is 26.0 Å². The molecule has 2 aromatic heterocycles. The van der Waals surface area contributed by atoms with E-state index in [1.54, 1.807) is 12.3 Å². The van der Waals surface area contributed by atoms with Crippen molar-refractivity contribution in [2.75, 3.05) is 0 Å². The highest BCUT2D eigenvalue weighted by molar-refractivity contribution is 6.30. The Labute approximate surface area is 140 Å². The van der Waals surface area contributed by atoms with E-state index >= 15 is 0 Å². The molecule has 2 rings (SSSR count). The van der Waals surface area contributed by atoms with Gasteiger partial charge in [-0.1, -0.05) is 39.3 Å². The highest BCUT2D eigenvalue weighted by Gasteiger charge is 2.05. The lowest BCUT2D eigenvalue weighted by atomic mass is 10.1. The summed E-state index contributed by atoms with van der Waals surface area (Å²) < 4.78 is 27.6. The third-order valence-corrected chi connectivity index (χ3v) is 3.14. The van der Waals surface area contributed by atoms with Gasteiger partial charge in [0.1, 0.15) is 5.75 Å². The second-order valence-electron chi connectivity index (χ2n) is 5.51. The average molecular weight is 343 g/mol. The molecule has 0 aliphatic heterocycles. The van der Waals surface area contributed by atoms with Gasteiger partial charge in [0, 0.05) is 17.6 Å². The van der Waals surface area contributed by atoms with Crippen molar-refractivity contribution in [2.24, 2.45) is 0 Å². The fraction of sp³-hybridized carbons (Fsp3) is 0.412. The van der Waals surface area contributed by atoms with E-state index in [4.69, 9.17) is 11.6 Å². The van der Waals surface area contributed by atoms with Crippen LogP contribution in [0.4, 0.5) is 8.78 Å². The third kappa shape index (κ3) is 7.37. The van der Waals surface area contributed by atoms with Crippen LogP contribution in [-0.4, -0.2) is 16.6 Å². The van der Waals surface area contributed by atoms with Gasteiger partial charge in [-0.3, -0.25) is 9.97 Å². The molecule has 0 radical (unpaired) electrons. The molecule has 0 aromatic carbocycles. The highest BCUT2D eigenvalue weighted by atomic mass is 35.5. The summed E-state index contributed by atoms with van der Waals surface area (Å²) in [6, 6.07) is 6.99. The molecule has 6 heteroatoms. The lowest BCUT2D eigenvalue weighted by Crippen LogP contribution is -2.02. The van der Waals surface area contributed by atoms with Crippen LogP contribution < -0.4 is 4.74 Å². The van der Waals surface area contributed by atoms with E-state index in [0.29, 0.717) is 16.9 Å². The van der Waals surface area contributed by atoms with Crippen LogP contribution in [0.15, 0.2) is 36.7 Å². The van der Waals surface area contributed by atoms with E-state index < -0.39 is 6.61 Å². The van der Waals surface area contributed by atoms with Gasteiger partial charge in [-0.15, -0.1) is 0 Å². The second kappa shape index (κ2) is 9.40. The van der Waals surface area contributed by atoms with Crippen LogP contribution in [0.3, 0.4) is 0 Å². The smallest absolute Gasteiger partial charge is 0.387 e. The Morgan fingerprint density at radius 2 is 1.39 bits per heavy atom. The summed E-state index contributed by atoms with van der Waals surface area (Å²) in [5.41, 5.74) is 1.95. The van der Waals surface area contributed by atoms with Crippen LogP contribution >= 0.6 is 11.6 Å². The molecule has 0 unspecified atom stereocenters. The Hall–Kier alpha value is -1.75. The zero-order valence-corrected chi connectivity index (χ0v) is 14.4. The van der Waals surface area contributed by atoms with E-state index in [-0.39, 0.29) is 5.75 Å². The van der Waals surface area contributed by atoms with Crippen molar-refractivity contribution >= 4 is 11.6 Å². The minimum absolute atomic E-state index is 0.0967. The van der Waals surface area contributed by atoms with Crippen LogP contribution in [0.5, 0.6) is 5.75 Å². The maximum atomic E-state index is 11.7. The minimum atomic E-state index is -2.79. The summed E-state index contributed by atoms with van der Waals surface area (Å²) in [4.78, 5) is 8.12. The monoisotopic (exact) mass is 342 g/mol. The SMILES string of the molecule is CC(C)c1ccc(Cl)cn1.CC(C)c1ccc(OC(F)F)cn1. The highest BCUT2D eigenvalue weighted by Crippen LogP contribution is 2.16. The minimum Gasteiger partial charge on any atom is -0.433 e. The number of ether oxygens (including phenoxy) is 1. The van der Waals surface area contributed by atoms with Gasteiger partial charge in [-0.25, -0.2) is 0 Å². The van der Waals surface area contributed by atoms with Crippen LogP contribution in [0.2, 0.25) is 5.02 Å². The molecule has 2 aromatic rings. The van der Waals surface area contributed by atoms with Crippen molar-refractivity contribution < 1.29 is 13.5 Å². The van der Waals surface area contributed by atoms with Gasteiger partial charge in [-0.2, -0.15) is 8.78 Å². The van der Waals surface area contributed by atoms with Crippen molar-refractivity contribution in [1.82, 2.24) is 9.97 Å². The predicted molar refractivity (Wildman–Crippen MR) is 88.3 cm³/mol. The van der Waals surface area contributed by atoms with Gasteiger partial charge < -0.3 is 4.74 Å². The lowest BCUT2D eigenvalue weighted by Gasteiger charge is -2.06. The van der Waals surface area contributed by atoms with Crippen LogP contribution in [0.1, 0.15) is 50.9 Å². The molecule has 3 nitrogen and oxygen atoms in total. The van der Waals surface area contributed by atoms with Crippen LogP contribution in [0, 0.1) is 0 Å². The second-order valence-corrected chi connectivity index (χ2v) is 5.94. The normalized spacial score (nSPS) is 10.7. The van der Waals surface area contributed by atoms with Gasteiger partial charge in [-0.05, 0) is 36.1 Å². The Kier molecular flexibility index (Phi) is 7.89.